The van der Waals surface area contributed by atoms with Gasteiger partial charge in [0.15, 0.2) is 35.0 Å². The van der Waals surface area contributed by atoms with Gasteiger partial charge >= 0.3 is 5.79 Å². The molecule has 1 unspecified atom stereocenters. The molecule has 0 aliphatic carbocycles. The maximum atomic E-state index is 13.9. The van der Waals surface area contributed by atoms with Crippen molar-refractivity contribution < 1.29 is 33.3 Å². The lowest BCUT2D eigenvalue weighted by Crippen LogP contribution is -2.37. The number of nitrogen functional groups attached to an aromatic ring is 1. The van der Waals surface area contributed by atoms with Crippen molar-refractivity contribution in [2.24, 2.45) is 0 Å². The van der Waals surface area contributed by atoms with Gasteiger partial charge < -0.3 is 39.6 Å². The molecule has 0 radical (unpaired) electrons. The van der Waals surface area contributed by atoms with E-state index in [1.165, 1.54) is 17.3 Å². The monoisotopic (exact) mass is 703 g/mol. The van der Waals surface area contributed by atoms with Crippen LogP contribution < -0.4 is 20.5 Å². The van der Waals surface area contributed by atoms with E-state index in [-0.39, 0.29) is 40.9 Å². The van der Waals surface area contributed by atoms with E-state index in [4.69, 9.17) is 29.4 Å². The molecule has 14 heteroatoms. The molecule has 266 valence electrons. The van der Waals surface area contributed by atoms with Crippen LogP contribution in [0.15, 0.2) is 97.6 Å². The minimum Gasteiger partial charge on any atom is -0.440 e. The second kappa shape index (κ2) is 12.7. The Balaban J connectivity index is 1.05. The van der Waals surface area contributed by atoms with E-state index in [0.29, 0.717) is 11.2 Å². The zero-order valence-corrected chi connectivity index (χ0v) is 28.9. The minimum absolute atomic E-state index is 0.132. The lowest BCUT2D eigenvalue weighted by atomic mass is 9.97. The summed E-state index contributed by atoms with van der Waals surface area (Å²) in [4.78, 5) is 41.4. The molecule has 14 nitrogen and oxygen atoms in total. The van der Waals surface area contributed by atoms with Gasteiger partial charge in [-0.15, -0.1) is 0 Å². The van der Waals surface area contributed by atoms with Crippen molar-refractivity contribution in [2.75, 3.05) is 26.4 Å². The average molecular weight is 704 g/mol. The first-order valence-electron chi connectivity index (χ1n) is 16.8. The summed E-state index contributed by atoms with van der Waals surface area (Å²) < 4.78 is 34.0. The summed E-state index contributed by atoms with van der Waals surface area (Å²) in [6, 6.07) is 22.1. The van der Waals surface area contributed by atoms with Crippen molar-refractivity contribution >= 4 is 28.8 Å². The molecule has 2 amide bonds. The highest BCUT2D eigenvalue weighted by Crippen LogP contribution is 2.50. The first-order chi connectivity index (χ1) is 25.0. The van der Waals surface area contributed by atoms with Crippen LogP contribution in [0, 0.1) is 0 Å². The Morgan fingerprint density at radius 2 is 1.63 bits per heavy atom. The van der Waals surface area contributed by atoms with E-state index in [2.05, 4.69) is 20.3 Å². The number of imidazole rings is 1. The molecule has 5 heterocycles. The molecule has 3 N–H and O–H groups in total. The van der Waals surface area contributed by atoms with E-state index in [1.54, 1.807) is 37.1 Å². The fourth-order valence-corrected chi connectivity index (χ4v) is 6.86. The zero-order valence-electron chi connectivity index (χ0n) is 28.9. The molecule has 2 saturated heterocycles. The van der Waals surface area contributed by atoms with Gasteiger partial charge in [-0.3, -0.25) is 14.2 Å². The summed E-state index contributed by atoms with van der Waals surface area (Å²) in [6.07, 6.45) is 4.54. The number of benzene rings is 3. The molecule has 3 aliphatic rings. The summed E-state index contributed by atoms with van der Waals surface area (Å²) in [5.41, 5.74) is 8.88. The van der Waals surface area contributed by atoms with Gasteiger partial charge in [0.1, 0.15) is 30.2 Å². The second-order valence-electron chi connectivity index (χ2n) is 13.4. The largest absolute Gasteiger partial charge is 0.440 e. The van der Waals surface area contributed by atoms with Gasteiger partial charge in [-0.2, -0.15) is 0 Å². The predicted molar refractivity (Wildman–Crippen MR) is 188 cm³/mol. The summed E-state index contributed by atoms with van der Waals surface area (Å²) in [7, 11) is 3.29. The van der Waals surface area contributed by atoms with Crippen LogP contribution in [0.2, 0.25) is 0 Å². The summed E-state index contributed by atoms with van der Waals surface area (Å²) in [6.45, 7) is 3.82. The Morgan fingerprint density at radius 1 is 0.942 bits per heavy atom. The number of hydrogen-bond donors (Lipinski definition) is 2. The molecule has 2 fully saturated rings. The lowest BCUT2D eigenvalue weighted by molar-refractivity contribution is -0.191. The first-order valence-corrected chi connectivity index (χ1v) is 16.8. The fourth-order valence-electron chi connectivity index (χ4n) is 6.86. The maximum absolute atomic E-state index is 13.9. The molecule has 52 heavy (non-hydrogen) atoms. The van der Waals surface area contributed by atoms with Crippen molar-refractivity contribution in [1.29, 1.82) is 0 Å². The number of carbonyl (C=O) groups excluding carboxylic acids is 2. The van der Waals surface area contributed by atoms with Gasteiger partial charge in [-0.25, -0.2) is 15.0 Å². The van der Waals surface area contributed by atoms with E-state index in [9.17, 15) is 9.59 Å². The molecule has 3 aromatic carbocycles. The fraction of sp³-hybridized carbons (Fsp3) is 0.289. The van der Waals surface area contributed by atoms with E-state index in [1.807, 2.05) is 80.6 Å². The molecule has 0 saturated carbocycles. The Hall–Kier alpha value is -5.83. The number of amides is 2. The number of fused-ring (bicyclic) bond motifs is 3. The van der Waals surface area contributed by atoms with Crippen LogP contribution in [0.5, 0.6) is 11.5 Å². The molecule has 2 aromatic heterocycles. The second-order valence-corrected chi connectivity index (χ2v) is 13.4. The maximum Gasteiger partial charge on any atom is 0.305 e. The molecule has 4 atom stereocenters. The highest BCUT2D eigenvalue weighted by atomic mass is 16.8. The SMILES string of the molecule is CN(C)C(=O)c1cc2c(c(C(=O)NCC=C[C@H]3O[C@@H](n4cnc5c(N)ncnc54)[C@H]4OC(C)(C)OC34)c1)OC(c1ccccc1)(c1ccccc1)O2. The van der Waals surface area contributed by atoms with Crippen molar-refractivity contribution in [1.82, 2.24) is 29.7 Å². The molecule has 0 spiro atoms. The molecular formula is C38H37N7O7. The van der Waals surface area contributed by atoms with Crippen LogP contribution in [0.3, 0.4) is 0 Å². The third-order valence-corrected chi connectivity index (χ3v) is 9.19. The number of aromatic nitrogens is 4. The first kappa shape index (κ1) is 33.3. The zero-order chi connectivity index (χ0) is 36.2. The summed E-state index contributed by atoms with van der Waals surface area (Å²) in [5, 5.41) is 2.94. The highest BCUT2D eigenvalue weighted by Gasteiger charge is 2.55. The minimum atomic E-state index is -1.39. The van der Waals surface area contributed by atoms with Crippen molar-refractivity contribution in [3.8, 4) is 11.5 Å². The number of anilines is 1. The third kappa shape index (κ3) is 5.70. The Kier molecular flexibility index (Phi) is 8.16. The van der Waals surface area contributed by atoms with Gasteiger partial charge in [0.05, 0.1) is 11.9 Å². The molecule has 0 bridgehead atoms. The highest BCUT2D eigenvalue weighted by molar-refractivity contribution is 6.03. The van der Waals surface area contributed by atoms with Gasteiger partial charge in [0, 0.05) is 37.3 Å². The Bertz CT molecular complexity index is 2150. The summed E-state index contributed by atoms with van der Waals surface area (Å²) >= 11 is 0. The number of nitrogens with zero attached hydrogens (tertiary/aromatic N) is 5. The van der Waals surface area contributed by atoms with Crippen LogP contribution in [-0.2, 0) is 20.0 Å². The Labute approximate surface area is 299 Å². The number of rotatable bonds is 8. The van der Waals surface area contributed by atoms with E-state index < -0.39 is 42.0 Å². The Morgan fingerprint density at radius 3 is 2.33 bits per heavy atom. The smallest absolute Gasteiger partial charge is 0.305 e. The van der Waals surface area contributed by atoms with Crippen LogP contribution in [0.4, 0.5) is 5.82 Å². The number of carbonyl (C=O) groups is 2. The third-order valence-electron chi connectivity index (χ3n) is 9.19. The van der Waals surface area contributed by atoms with Crippen molar-refractivity contribution in [3.05, 3.63) is 120 Å². The number of nitrogens with two attached hydrogens (primary N) is 1. The number of nitrogens with one attached hydrogen (secondary N) is 1. The topological polar surface area (TPSA) is 165 Å². The van der Waals surface area contributed by atoms with Gasteiger partial charge in [0.25, 0.3) is 11.8 Å². The van der Waals surface area contributed by atoms with Crippen LogP contribution in [0.25, 0.3) is 11.2 Å². The average Bonchev–Trinajstić information content (AvgIpc) is 3.91. The van der Waals surface area contributed by atoms with Gasteiger partial charge in [0.2, 0.25) is 0 Å². The molecule has 5 aromatic rings. The van der Waals surface area contributed by atoms with Gasteiger partial charge in [-0.05, 0) is 26.0 Å². The standard InChI is InChI=1S/C38H37N7O7/c1-37(2)50-30-26(48-36(31(30)51-37)45-21-43-28-32(39)41-20-42-33(28)45)16-11-17-40-34(46)25-18-22(35(47)44(3)4)19-27-29(25)52-38(49-27,23-12-7-5-8-13-23)24-14-9-6-10-15-24/h5-16,18-21,26,30-31,36H,17H2,1-4H3,(H,40,46)(H2,39,41,42)/t26-,30?,31+,36-/m1/s1. The lowest BCUT2D eigenvalue weighted by Gasteiger charge is -2.28. The van der Waals surface area contributed by atoms with Gasteiger partial charge in [-0.1, -0.05) is 72.8 Å². The normalized spacial score (nSPS) is 22.5. The summed E-state index contributed by atoms with van der Waals surface area (Å²) in [5.74, 6) is -2.22. The molecule has 3 aliphatic heterocycles. The van der Waals surface area contributed by atoms with Crippen molar-refractivity contribution in [3.63, 3.8) is 0 Å². The number of hydrogen-bond acceptors (Lipinski definition) is 11. The predicted octanol–water partition coefficient (Wildman–Crippen LogP) is 4.19. The molecular weight excluding hydrogens is 666 g/mol. The van der Waals surface area contributed by atoms with E-state index >= 15 is 0 Å². The van der Waals surface area contributed by atoms with E-state index in [0.717, 1.165) is 11.1 Å². The molecule has 8 rings (SSSR count). The van der Waals surface area contributed by atoms with Crippen LogP contribution in [0.1, 0.15) is 51.9 Å². The van der Waals surface area contributed by atoms with Crippen molar-refractivity contribution in [2.45, 2.75) is 50.0 Å². The quantitative estimate of drug-likeness (QED) is 0.223. The number of ether oxygens (including phenoxy) is 5. The van der Waals surface area contributed by atoms with Crippen LogP contribution >= 0.6 is 0 Å². The van der Waals surface area contributed by atoms with Crippen LogP contribution in [-0.4, -0.2) is 81.0 Å².